The lowest BCUT2D eigenvalue weighted by Crippen LogP contribution is -2.07. The average molecular weight is 370 g/mol. The number of para-hydroxylation sites is 2. The summed E-state index contributed by atoms with van der Waals surface area (Å²) in [6.07, 6.45) is -0.595. The normalized spacial score (nSPS) is 11.7. The summed E-state index contributed by atoms with van der Waals surface area (Å²) in [7, 11) is 0. The van der Waals surface area contributed by atoms with Crippen molar-refractivity contribution in [1.82, 2.24) is 24.5 Å². The number of fused-ring (bicyclic) bond motifs is 1. The lowest BCUT2D eigenvalue weighted by molar-refractivity contribution is -0.137. The molecule has 0 aliphatic heterocycles. The molecule has 6 nitrogen and oxygen atoms in total. The Morgan fingerprint density at radius 3 is 2.48 bits per heavy atom. The topological polar surface area (TPSA) is 68.5 Å². The van der Waals surface area contributed by atoms with Crippen LogP contribution in [0.3, 0.4) is 0 Å². The third kappa shape index (κ3) is 3.31. The summed E-state index contributed by atoms with van der Waals surface area (Å²) in [6.45, 7) is 1.86. The second-order valence-corrected chi connectivity index (χ2v) is 5.80. The fraction of sp³-hybridized carbons (Fsp3) is 0.111. The minimum Gasteiger partial charge on any atom is -0.324 e. The van der Waals surface area contributed by atoms with E-state index in [1.54, 1.807) is 6.20 Å². The zero-order chi connectivity index (χ0) is 19.0. The molecule has 0 saturated heterocycles. The number of aryl methyl sites for hydroxylation is 1. The van der Waals surface area contributed by atoms with E-state index in [0.717, 1.165) is 29.1 Å². The summed E-state index contributed by atoms with van der Waals surface area (Å²) < 4.78 is 39.7. The Kier molecular flexibility index (Phi) is 3.98. The lowest BCUT2D eigenvalue weighted by atomic mass is 10.3. The van der Waals surface area contributed by atoms with Crippen molar-refractivity contribution in [2.24, 2.45) is 0 Å². The second kappa shape index (κ2) is 6.35. The van der Waals surface area contributed by atoms with Crippen LogP contribution in [-0.4, -0.2) is 24.5 Å². The third-order valence-electron chi connectivity index (χ3n) is 3.93. The van der Waals surface area contributed by atoms with Gasteiger partial charge in [0.25, 0.3) is 0 Å². The van der Waals surface area contributed by atoms with Gasteiger partial charge in [0, 0.05) is 6.20 Å². The van der Waals surface area contributed by atoms with Crippen LogP contribution in [0.4, 0.5) is 24.8 Å². The lowest BCUT2D eigenvalue weighted by Gasteiger charge is -2.10. The fourth-order valence-electron chi connectivity index (χ4n) is 2.73. The maximum atomic E-state index is 12.6. The molecular weight excluding hydrogens is 357 g/mol. The van der Waals surface area contributed by atoms with Gasteiger partial charge < -0.3 is 5.32 Å². The number of imidazole rings is 1. The van der Waals surface area contributed by atoms with Crippen molar-refractivity contribution in [3.05, 3.63) is 66.4 Å². The summed E-state index contributed by atoms with van der Waals surface area (Å²) in [6, 6.07) is 9.84. The molecule has 27 heavy (non-hydrogen) atoms. The first kappa shape index (κ1) is 17.0. The number of alkyl halides is 3. The van der Waals surface area contributed by atoms with E-state index in [0.29, 0.717) is 11.6 Å². The predicted molar refractivity (Wildman–Crippen MR) is 93.9 cm³/mol. The van der Waals surface area contributed by atoms with Crippen molar-refractivity contribution in [3.8, 4) is 5.82 Å². The number of aromatic nitrogens is 5. The average Bonchev–Trinajstić information content (AvgIpc) is 2.97. The van der Waals surface area contributed by atoms with Crippen molar-refractivity contribution in [1.29, 1.82) is 0 Å². The van der Waals surface area contributed by atoms with E-state index in [9.17, 15) is 13.2 Å². The number of benzene rings is 1. The van der Waals surface area contributed by atoms with Crippen LogP contribution in [0, 0.1) is 6.92 Å². The molecule has 4 aromatic rings. The Bertz CT molecular complexity index is 1100. The van der Waals surface area contributed by atoms with Gasteiger partial charge in [-0.25, -0.2) is 15.0 Å². The molecule has 0 aliphatic rings. The van der Waals surface area contributed by atoms with E-state index in [-0.39, 0.29) is 5.82 Å². The summed E-state index contributed by atoms with van der Waals surface area (Å²) in [5.74, 6) is 1.88. The molecule has 0 atom stereocenters. The van der Waals surface area contributed by atoms with Gasteiger partial charge >= 0.3 is 6.18 Å². The fourth-order valence-corrected chi connectivity index (χ4v) is 2.73. The zero-order valence-corrected chi connectivity index (χ0v) is 14.1. The molecule has 0 saturated carbocycles. The zero-order valence-electron chi connectivity index (χ0n) is 14.1. The van der Waals surface area contributed by atoms with Crippen LogP contribution in [0.25, 0.3) is 16.9 Å². The molecule has 4 rings (SSSR count). The molecule has 0 radical (unpaired) electrons. The van der Waals surface area contributed by atoms with Gasteiger partial charge in [0.15, 0.2) is 11.6 Å². The van der Waals surface area contributed by atoms with E-state index in [2.05, 4.69) is 25.3 Å². The van der Waals surface area contributed by atoms with Gasteiger partial charge in [-0.2, -0.15) is 13.2 Å². The van der Waals surface area contributed by atoms with Crippen LogP contribution >= 0.6 is 0 Å². The van der Waals surface area contributed by atoms with Gasteiger partial charge in [-0.1, -0.05) is 12.1 Å². The quantitative estimate of drug-likeness (QED) is 0.583. The minimum absolute atomic E-state index is 0.238. The summed E-state index contributed by atoms with van der Waals surface area (Å²) in [5, 5.41) is 2.87. The van der Waals surface area contributed by atoms with Gasteiger partial charge in [0.1, 0.15) is 11.6 Å². The van der Waals surface area contributed by atoms with E-state index < -0.39 is 11.7 Å². The van der Waals surface area contributed by atoms with E-state index in [4.69, 9.17) is 0 Å². The highest BCUT2D eigenvalue weighted by atomic mass is 19.4. The largest absolute Gasteiger partial charge is 0.417 e. The molecule has 0 amide bonds. The first-order valence-corrected chi connectivity index (χ1v) is 7.98. The molecule has 1 N–H and O–H groups in total. The maximum absolute atomic E-state index is 12.6. The monoisotopic (exact) mass is 370 g/mol. The minimum atomic E-state index is -4.43. The van der Waals surface area contributed by atoms with Gasteiger partial charge in [-0.05, 0) is 31.2 Å². The number of rotatable bonds is 3. The number of hydrogen-bond donors (Lipinski definition) is 1. The molecule has 3 aromatic heterocycles. The molecule has 0 bridgehead atoms. The third-order valence-corrected chi connectivity index (χ3v) is 3.93. The number of hydrogen-bond acceptors (Lipinski definition) is 5. The summed E-state index contributed by atoms with van der Waals surface area (Å²) in [4.78, 5) is 16.9. The summed E-state index contributed by atoms with van der Waals surface area (Å²) >= 11 is 0. The van der Waals surface area contributed by atoms with Gasteiger partial charge in [0.05, 0.1) is 29.0 Å². The Morgan fingerprint density at radius 2 is 1.74 bits per heavy atom. The van der Waals surface area contributed by atoms with Crippen molar-refractivity contribution < 1.29 is 13.2 Å². The Balaban J connectivity index is 1.66. The van der Waals surface area contributed by atoms with Gasteiger partial charge in [-0.3, -0.25) is 9.55 Å². The van der Waals surface area contributed by atoms with Crippen LogP contribution in [0.5, 0.6) is 0 Å². The van der Waals surface area contributed by atoms with E-state index in [1.165, 1.54) is 12.3 Å². The van der Waals surface area contributed by atoms with Gasteiger partial charge in [0.2, 0.25) is 0 Å². The highest BCUT2D eigenvalue weighted by molar-refractivity contribution is 5.77. The first-order valence-electron chi connectivity index (χ1n) is 7.98. The number of halogens is 3. The number of nitrogens with one attached hydrogen (secondary N) is 1. The van der Waals surface area contributed by atoms with Crippen LogP contribution in [0.2, 0.25) is 0 Å². The van der Waals surface area contributed by atoms with Crippen LogP contribution in [-0.2, 0) is 6.18 Å². The number of nitrogens with zero attached hydrogens (tertiary/aromatic N) is 5. The molecule has 136 valence electrons. The van der Waals surface area contributed by atoms with Gasteiger partial charge in [-0.15, -0.1) is 0 Å². The van der Waals surface area contributed by atoms with Crippen LogP contribution in [0.15, 0.2) is 55.0 Å². The summed E-state index contributed by atoms with van der Waals surface area (Å²) in [5.41, 5.74) is 0.905. The van der Waals surface area contributed by atoms with Crippen molar-refractivity contribution in [3.63, 3.8) is 0 Å². The standard InChI is InChI=1S/C18H13F3N6/c1-11-24-13-4-2-3-5-14(13)27(11)17-10-22-9-16(26-17)25-15-7-6-12(8-23-15)18(19,20)21/h2-10H,1H3,(H,23,25,26). The first-order chi connectivity index (χ1) is 12.9. The molecule has 3 heterocycles. The van der Waals surface area contributed by atoms with Crippen LogP contribution < -0.4 is 5.32 Å². The molecule has 0 fully saturated rings. The molecule has 9 heteroatoms. The van der Waals surface area contributed by atoms with E-state index >= 15 is 0 Å². The highest BCUT2D eigenvalue weighted by Gasteiger charge is 2.30. The number of anilines is 2. The van der Waals surface area contributed by atoms with Crippen LogP contribution in [0.1, 0.15) is 11.4 Å². The highest BCUT2D eigenvalue weighted by Crippen LogP contribution is 2.29. The maximum Gasteiger partial charge on any atom is 0.417 e. The Morgan fingerprint density at radius 1 is 0.926 bits per heavy atom. The molecule has 0 aliphatic carbocycles. The number of pyridine rings is 1. The predicted octanol–water partition coefficient (Wildman–Crippen LogP) is 4.28. The molecular formula is C18H13F3N6. The molecule has 0 spiro atoms. The van der Waals surface area contributed by atoms with Crippen molar-refractivity contribution in [2.45, 2.75) is 13.1 Å². The molecule has 0 unspecified atom stereocenters. The Hall–Kier alpha value is -3.49. The van der Waals surface area contributed by atoms with E-state index in [1.807, 2.05) is 35.8 Å². The van der Waals surface area contributed by atoms with Crippen molar-refractivity contribution >= 4 is 22.7 Å². The SMILES string of the molecule is Cc1nc2ccccc2n1-c1cncc(Nc2ccc(C(F)(F)F)cn2)n1. The molecule has 1 aromatic carbocycles. The Labute approximate surface area is 151 Å². The van der Waals surface area contributed by atoms with Crippen molar-refractivity contribution in [2.75, 3.05) is 5.32 Å². The smallest absolute Gasteiger partial charge is 0.324 e. The second-order valence-electron chi connectivity index (χ2n) is 5.80.